The second-order valence-corrected chi connectivity index (χ2v) is 3.84. The molecule has 0 aliphatic carbocycles. The van der Waals surface area contributed by atoms with Gasteiger partial charge in [0.2, 0.25) is 0 Å². The van der Waals surface area contributed by atoms with Crippen molar-refractivity contribution in [2.45, 2.75) is 26.3 Å². The fourth-order valence-electron chi connectivity index (χ4n) is 1.31. The maximum atomic E-state index is 9.58. The highest BCUT2D eigenvalue weighted by Crippen LogP contribution is 2.29. The second-order valence-electron chi connectivity index (χ2n) is 3.44. The van der Waals surface area contributed by atoms with Crippen LogP contribution >= 0.6 is 11.6 Å². The van der Waals surface area contributed by atoms with Gasteiger partial charge in [0, 0.05) is 6.04 Å². The van der Waals surface area contributed by atoms with Crippen molar-refractivity contribution < 1.29 is 5.11 Å². The summed E-state index contributed by atoms with van der Waals surface area (Å²) in [5.74, 6) is 0.157. The predicted molar refractivity (Wildman–Crippen MR) is 55.2 cm³/mol. The van der Waals surface area contributed by atoms with Crippen LogP contribution in [0.2, 0.25) is 5.02 Å². The van der Waals surface area contributed by atoms with E-state index in [2.05, 4.69) is 0 Å². The highest BCUT2D eigenvalue weighted by Gasteiger charge is 2.08. The molecule has 0 aliphatic rings. The lowest BCUT2D eigenvalue weighted by molar-refractivity contribution is 0.465. The summed E-state index contributed by atoms with van der Waals surface area (Å²) >= 11 is 5.81. The topological polar surface area (TPSA) is 46.2 Å². The first-order valence-corrected chi connectivity index (χ1v) is 4.62. The molecule has 1 rings (SSSR count). The highest BCUT2D eigenvalue weighted by molar-refractivity contribution is 6.32. The SMILES string of the molecule is Cc1cc(Cl)c(O)c(CC(C)N)c1. The van der Waals surface area contributed by atoms with Gasteiger partial charge >= 0.3 is 0 Å². The highest BCUT2D eigenvalue weighted by atomic mass is 35.5. The number of aromatic hydroxyl groups is 1. The average Bonchev–Trinajstić information content (AvgIpc) is 1.98. The molecule has 0 fully saturated rings. The van der Waals surface area contributed by atoms with E-state index in [0.717, 1.165) is 11.1 Å². The summed E-state index contributed by atoms with van der Waals surface area (Å²) in [6, 6.07) is 3.68. The molecule has 13 heavy (non-hydrogen) atoms. The van der Waals surface area contributed by atoms with Crippen LogP contribution in [0, 0.1) is 6.92 Å². The third-order valence-corrected chi connectivity index (χ3v) is 2.12. The van der Waals surface area contributed by atoms with Gasteiger partial charge in [0.05, 0.1) is 5.02 Å². The number of hydrogen-bond donors (Lipinski definition) is 2. The summed E-state index contributed by atoms with van der Waals surface area (Å²) in [7, 11) is 0. The van der Waals surface area contributed by atoms with Crippen molar-refractivity contribution in [3.63, 3.8) is 0 Å². The van der Waals surface area contributed by atoms with E-state index >= 15 is 0 Å². The van der Waals surface area contributed by atoms with Crippen molar-refractivity contribution in [1.82, 2.24) is 0 Å². The average molecular weight is 200 g/mol. The monoisotopic (exact) mass is 199 g/mol. The maximum absolute atomic E-state index is 9.58. The number of hydrogen-bond acceptors (Lipinski definition) is 2. The molecule has 0 radical (unpaired) electrons. The zero-order valence-electron chi connectivity index (χ0n) is 7.84. The minimum Gasteiger partial charge on any atom is -0.506 e. The van der Waals surface area contributed by atoms with Crippen molar-refractivity contribution >= 4 is 11.6 Å². The van der Waals surface area contributed by atoms with Gasteiger partial charge in [0.15, 0.2) is 0 Å². The lowest BCUT2D eigenvalue weighted by Crippen LogP contribution is -2.17. The molecule has 1 aromatic rings. The molecule has 1 aromatic carbocycles. The quantitative estimate of drug-likeness (QED) is 0.768. The molecule has 3 N–H and O–H groups in total. The van der Waals surface area contributed by atoms with Crippen molar-refractivity contribution in [3.8, 4) is 5.75 Å². The molecular formula is C10H14ClNO. The Bertz CT molecular complexity index is 310. The number of benzene rings is 1. The maximum Gasteiger partial charge on any atom is 0.137 e. The zero-order valence-corrected chi connectivity index (χ0v) is 8.60. The molecule has 72 valence electrons. The number of rotatable bonds is 2. The molecule has 0 spiro atoms. The van der Waals surface area contributed by atoms with E-state index in [4.69, 9.17) is 17.3 Å². The van der Waals surface area contributed by atoms with Crippen LogP contribution in [0.25, 0.3) is 0 Å². The van der Waals surface area contributed by atoms with E-state index in [9.17, 15) is 5.11 Å². The van der Waals surface area contributed by atoms with E-state index in [1.807, 2.05) is 19.9 Å². The lowest BCUT2D eigenvalue weighted by Gasteiger charge is -2.09. The Morgan fingerprint density at radius 3 is 2.69 bits per heavy atom. The van der Waals surface area contributed by atoms with Crippen molar-refractivity contribution in [1.29, 1.82) is 0 Å². The van der Waals surface area contributed by atoms with Gasteiger partial charge in [-0.3, -0.25) is 0 Å². The van der Waals surface area contributed by atoms with Crippen LogP contribution in [0.15, 0.2) is 12.1 Å². The van der Waals surface area contributed by atoms with Gasteiger partial charge in [0.25, 0.3) is 0 Å². The van der Waals surface area contributed by atoms with Crippen LogP contribution in [-0.4, -0.2) is 11.1 Å². The normalized spacial score (nSPS) is 12.9. The van der Waals surface area contributed by atoms with Crippen LogP contribution in [0.3, 0.4) is 0 Å². The summed E-state index contributed by atoms with van der Waals surface area (Å²) in [5, 5.41) is 9.98. The molecule has 1 unspecified atom stereocenters. The Balaban J connectivity index is 3.05. The molecule has 0 amide bonds. The first-order valence-electron chi connectivity index (χ1n) is 4.24. The van der Waals surface area contributed by atoms with Gasteiger partial charge < -0.3 is 10.8 Å². The largest absolute Gasteiger partial charge is 0.506 e. The lowest BCUT2D eigenvalue weighted by atomic mass is 10.0. The predicted octanol–water partition coefficient (Wildman–Crippen LogP) is 2.24. The van der Waals surface area contributed by atoms with Gasteiger partial charge in [-0.1, -0.05) is 17.7 Å². The number of phenols is 1. The Hall–Kier alpha value is -0.730. The first kappa shape index (κ1) is 10.4. The molecule has 0 aromatic heterocycles. The third-order valence-electron chi connectivity index (χ3n) is 1.83. The molecule has 0 aliphatic heterocycles. The zero-order chi connectivity index (χ0) is 10.0. The van der Waals surface area contributed by atoms with Crippen LogP contribution in [0.1, 0.15) is 18.1 Å². The van der Waals surface area contributed by atoms with Crippen LogP contribution in [0.4, 0.5) is 0 Å². The Morgan fingerprint density at radius 1 is 1.54 bits per heavy atom. The Kier molecular flexibility index (Phi) is 3.17. The van der Waals surface area contributed by atoms with Crippen LogP contribution in [-0.2, 0) is 6.42 Å². The molecule has 0 bridgehead atoms. The van der Waals surface area contributed by atoms with E-state index < -0.39 is 0 Å². The summed E-state index contributed by atoms with van der Waals surface area (Å²) in [5.41, 5.74) is 7.50. The number of aryl methyl sites for hydroxylation is 1. The van der Waals surface area contributed by atoms with Gasteiger partial charge in [-0.2, -0.15) is 0 Å². The Labute approximate surface area is 83.3 Å². The van der Waals surface area contributed by atoms with Crippen molar-refractivity contribution in [2.75, 3.05) is 0 Å². The van der Waals surface area contributed by atoms with Gasteiger partial charge in [0.1, 0.15) is 5.75 Å². The van der Waals surface area contributed by atoms with Gasteiger partial charge in [-0.05, 0) is 37.5 Å². The van der Waals surface area contributed by atoms with Crippen molar-refractivity contribution in [3.05, 3.63) is 28.3 Å². The molecule has 3 heteroatoms. The second kappa shape index (κ2) is 3.99. The number of nitrogens with two attached hydrogens (primary N) is 1. The molecule has 0 heterocycles. The van der Waals surface area contributed by atoms with Gasteiger partial charge in [-0.15, -0.1) is 0 Å². The summed E-state index contributed by atoms with van der Waals surface area (Å²) in [6.45, 7) is 3.84. The molecule has 1 atom stereocenters. The first-order chi connectivity index (χ1) is 6.00. The van der Waals surface area contributed by atoms with Crippen molar-refractivity contribution in [2.24, 2.45) is 5.73 Å². The summed E-state index contributed by atoms with van der Waals surface area (Å²) in [6.07, 6.45) is 0.646. The molecule has 2 nitrogen and oxygen atoms in total. The minimum atomic E-state index is 0.0313. The summed E-state index contributed by atoms with van der Waals surface area (Å²) < 4.78 is 0. The number of phenolic OH excluding ortho intramolecular Hbond substituents is 1. The molecule has 0 saturated carbocycles. The molecule has 0 saturated heterocycles. The van der Waals surface area contributed by atoms with E-state index in [-0.39, 0.29) is 11.8 Å². The van der Waals surface area contributed by atoms with E-state index in [1.165, 1.54) is 0 Å². The smallest absolute Gasteiger partial charge is 0.137 e. The van der Waals surface area contributed by atoms with Crippen LogP contribution in [0.5, 0.6) is 5.75 Å². The van der Waals surface area contributed by atoms with E-state index in [0.29, 0.717) is 11.4 Å². The minimum absolute atomic E-state index is 0.0313. The standard InChI is InChI=1S/C10H14ClNO/c1-6-3-8(5-7(2)12)10(13)9(11)4-6/h3-4,7,13H,5,12H2,1-2H3. The summed E-state index contributed by atoms with van der Waals surface area (Å²) in [4.78, 5) is 0. The van der Waals surface area contributed by atoms with E-state index in [1.54, 1.807) is 6.07 Å². The third kappa shape index (κ3) is 2.61. The Morgan fingerprint density at radius 2 is 2.15 bits per heavy atom. The molecular weight excluding hydrogens is 186 g/mol. The van der Waals surface area contributed by atoms with Gasteiger partial charge in [-0.25, -0.2) is 0 Å². The fraction of sp³-hybridized carbons (Fsp3) is 0.400. The van der Waals surface area contributed by atoms with Crippen LogP contribution < -0.4 is 5.73 Å². The fourth-order valence-corrected chi connectivity index (χ4v) is 1.60. The number of halogens is 1.